The second kappa shape index (κ2) is 17.3. The van der Waals surface area contributed by atoms with E-state index in [1.165, 1.54) is 154 Å². The molecular formula is C50H81N. The Labute approximate surface area is 316 Å². The molecule has 0 saturated heterocycles. The maximum atomic E-state index is 3.17. The summed E-state index contributed by atoms with van der Waals surface area (Å²) in [5, 5.41) is 0. The molecule has 8 rings (SSSR count). The zero-order chi connectivity index (χ0) is 34.7. The summed E-state index contributed by atoms with van der Waals surface area (Å²) in [6, 6.07) is 2.48. The van der Waals surface area contributed by atoms with Crippen molar-refractivity contribution < 1.29 is 0 Å². The third kappa shape index (κ3) is 8.70. The Kier molecular flexibility index (Phi) is 12.6. The summed E-state index contributed by atoms with van der Waals surface area (Å²) < 4.78 is 0. The van der Waals surface area contributed by atoms with Gasteiger partial charge in [-0.15, -0.1) is 0 Å². The van der Waals surface area contributed by atoms with Crippen LogP contribution in [0.4, 0.5) is 0 Å². The summed E-state index contributed by atoms with van der Waals surface area (Å²) in [5.41, 5.74) is 5.59. The lowest BCUT2D eigenvalue weighted by Crippen LogP contribution is -2.51. The molecule has 0 radical (unpaired) electrons. The molecule has 1 heteroatoms. The van der Waals surface area contributed by atoms with Gasteiger partial charge in [-0.2, -0.15) is 0 Å². The van der Waals surface area contributed by atoms with Crippen molar-refractivity contribution in [2.24, 2.45) is 59.2 Å². The molecule has 51 heavy (non-hydrogen) atoms. The molecule has 0 amide bonds. The first kappa shape index (κ1) is 37.1. The molecule has 10 atom stereocenters. The molecule has 10 unspecified atom stereocenters. The fourth-order valence-electron chi connectivity index (χ4n) is 14.9. The Morgan fingerprint density at radius 3 is 2.18 bits per heavy atom. The van der Waals surface area contributed by atoms with Crippen LogP contribution in [0.5, 0.6) is 0 Å². The Morgan fingerprint density at radius 2 is 1.37 bits per heavy atom. The van der Waals surface area contributed by atoms with Crippen LogP contribution in [-0.2, 0) is 0 Å². The van der Waals surface area contributed by atoms with E-state index in [1.54, 1.807) is 31.3 Å². The van der Waals surface area contributed by atoms with Crippen LogP contribution in [-0.4, -0.2) is 23.0 Å². The van der Waals surface area contributed by atoms with Crippen molar-refractivity contribution in [1.82, 2.24) is 4.90 Å². The molecule has 0 aromatic rings. The van der Waals surface area contributed by atoms with Crippen molar-refractivity contribution in [1.29, 1.82) is 0 Å². The summed E-state index contributed by atoms with van der Waals surface area (Å²) >= 11 is 0. The fourth-order valence-corrected chi connectivity index (χ4v) is 14.9. The van der Waals surface area contributed by atoms with Gasteiger partial charge in [0.15, 0.2) is 0 Å². The first-order valence-electron chi connectivity index (χ1n) is 23.8. The lowest BCUT2D eigenvalue weighted by atomic mass is 9.58. The molecule has 0 aromatic carbocycles. The van der Waals surface area contributed by atoms with Crippen molar-refractivity contribution in [3.05, 3.63) is 34.9 Å². The highest BCUT2D eigenvalue weighted by atomic mass is 15.2. The molecule has 0 aromatic heterocycles. The zero-order valence-electron chi connectivity index (χ0n) is 34.0. The molecule has 6 saturated carbocycles. The minimum absolute atomic E-state index is 0.796. The van der Waals surface area contributed by atoms with Gasteiger partial charge < -0.3 is 0 Å². The smallest absolute Gasteiger partial charge is 0.0173 e. The van der Waals surface area contributed by atoms with Crippen LogP contribution >= 0.6 is 0 Å². The van der Waals surface area contributed by atoms with Crippen LogP contribution < -0.4 is 0 Å². The number of rotatable bonds is 8. The highest BCUT2D eigenvalue weighted by molar-refractivity contribution is 5.23. The standard InChI is InChI=1S/C50H81N/c1-35-12-9-18-45(30-35)51(46-27-22-36(2)31-46)44-28-25-40(26-29-44)48-20-11-17-41(50(48)32-38-13-5-4-6-14-38)33-43-34-42(24-23-37(43)3)49-21-10-16-39-15-7-8-19-47(39)49/h20,22,33,35,37-42,44-47,49-50H,4-19,21,23-32,34H2,1-3H3/b43-33-. The number of hydrogen-bond acceptors (Lipinski definition) is 1. The molecule has 8 aliphatic rings. The van der Waals surface area contributed by atoms with E-state index in [0.29, 0.717) is 0 Å². The number of allylic oxidation sites excluding steroid dienone is 4. The van der Waals surface area contributed by atoms with Crippen LogP contribution in [0.2, 0.25) is 0 Å². The Hall–Kier alpha value is -0.820. The van der Waals surface area contributed by atoms with Crippen molar-refractivity contribution in [2.45, 2.75) is 219 Å². The van der Waals surface area contributed by atoms with Crippen molar-refractivity contribution in [2.75, 3.05) is 0 Å². The largest absolute Gasteiger partial charge is 0.294 e. The van der Waals surface area contributed by atoms with Gasteiger partial charge in [0.05, 0.1) is 0 Å². The summed E-state index contributed by atoms with van der Waals surface area (Å²) in [6.07, 6.45) is 50.0. The van der Waals surface area contributed by atoms with E-state index in [2.05, 4.69) is 43.9 Å². The Morgan fingerprint density at radius 1 is 0.627 bits per heavy atom. The number of hydrogen-bond donors (Lipinski definition) is 0. The first-order valence-corrected chi connectivity index (χ1v) is 23.8. The molecule has 0 heterocycles. The fraction of sp³-hybridized carbons (Fsp3) is 0.880. The normalized spacial score (nSPS) is 43.9. The van der Waals surface area contributed by atoms with Gasteiger partial charge in [-0.3, -0.25) is 4.90 Å². The highest BCUT2D eigenvalue weighted by Crippen LogP contribution is 2.52. The molecule has 0 N–H and O–H groups in total. The highest BCUT2D eigenvalue weighted by Gasteiger charge is 2.42. The molecule has 0 aliphatic heterocycles. The quantitative estimate of drug-likeness (QED) is 0.229. The van der Waals surface area contributed by atoms with Gasteiger partial charge >= 0.3 is 0 Å². The molecule has 0 bridgehead atoms. The number of nitrogens with zero attached hydrogens (tertiary/aromatic N) is 1. The van der Waals surface area contributed by atoms with Crippen LogP contribution in [0.25, 0.3) is 0 Å². The summed E-state index contributed by atoms with van der Waals surface area (Å²) in [4.78, 5) is 3.17. The second-order valence-electron chi connectivity index (χ2n) is 20.8. The van der Waals surface area contributed by atoms with Gasteiger partial charge in [0, 0.05) is 18.1 Å². The summed E-state index contributed by atoms with van der Waals surface area (Å²) in [5.74, 6) is 9.49. The Bertz CT molecular complexity index is 1210. The van der Waals surface area contributed by atoms with Gasteiger partial charge in [-0.05, 0) is 169 Å². The van der Waals surface area contributed by atoms with Gasteiger partial charge in [-0.25, -0.2) is 0 Å². The third-order valence-corrected chi connectivity index (χ3v) is 17.5. The average Bonchev–Trinajstić information content (AvgIpc) is 3.59. The topological polar surface area (TPSA) is 3.24 Å². The third-order valence-electron chi connectivity index (χ3n) is 17.5. The minimum atomic E-state index is 0.796. The number of fused-ring (bicyclic) bond motifs is 1. The van der Waals surface area contributed by atoms with E-state index >= 15 is 0 Å². The van der Waals surface area contributed by atoms with Crippen LogP contribution in [0.15, 0.2) is 34.9 Å². The minimum Gasteiger partial charge on any atom is -0.294 e. The maximum Gasteiger partial charge on any atom is 0.0173 e. The molecule has 286 valence electrons. The predicted octanol–water partition coefficient (Wildman–Crippen LogP) is 14.4. The lowest BCUT2D eigenvalue weighted by molar-refractivity contribution is 0.0259. The molecule has 6 fully saturated rings. The zero-order valence-corrected chi connectivity index (χ0v) is 34.0. The van der Waals surface area contributed by atoms with E-state index in [-0.39, 0.29) is 0 Å². The monoisotopic (exact) mass is 696 g/mol. The van der Waals surface area contributed by atoms with E-state index in [0.717, 1.165) is 77.3 Å². The van der Waals surface area contributed by atoms with E-state index in [4.69, 9.17) is 0 Å². The average molecular weight is 696 g/mol. The SMILES string of the molecule is CC1=CCC(N(C2CCC(C3=CCCC(/C=C4/CC(C5CCCC6CCCCC65)CCC4C)C3CC3CCCCC3)CC2)C2CCCC(C)C2)C1. The van der Waals surface area contributed by atoms with Crippen molar-refractivity contribution in [3.63, 3.8) is 0 Å². The van der Waals surface area contributed by atoms with Crippen molar-refractivity contribution in [3.8, 4) is 0 Å². The van der Waals surface area contributed by atoms with Crippen molar-refractivity contribution >= 4 is 0 Å². The molecular weight excluding hydrogens is 615 g/mol. The summed E-state index contributed by atoms with van der Waals surface area (Å²) in [7, 11) is 0. The van der Waals surface area contributed by atoms with Crippen LogP contribution in [0.3, 0.4) is 0 Å². The second-order valence-corrected chi connectivity index (χ2v) is 20.8. The van der Waals surface area contributed by atoms with Gasteiger partial charge in [0.25, 0.3) is 0 Å². The predicted molar refractivity (Wildman–Crippen MR) is 219 cm³/mol. The van der Waals surface area contributed by atoms with Gasteiger partial charge in [0.1, 0.15) is 0 Å². The first-order chi connectivity index (χ1) is 25.0. The Balaban J connectivity index is 0.979. The molecule has 0 spiro atoms. The van der Waals surface area contributed by atoms with E-state index < -0.39 is 0 Å². The molecule has 8 aliphatic carbocycles. The van der Waals surface area contributed by atoms with E-state index in [1.807, 2.05) is 11.1 Å². The molecule has 1 nitrogen and oxygen atoms in total. The van der Waals surface area contributed by atoms with Gasteiger partial charge in [0.2, 0.25) is 0 Å². The van der Waals surface area contributed by atoms with E-state index in [9.17, 15) is 0 Å². The summed E-state index contributed by atoms with van der Waals surface area (Å²) in [6.45, 7) is 7.58. The van der Waals surface area contributed by atoms with Crippen LogP contribution in [0, 0.1) is 59.2 Å². The maximum absolute atomic E-state index is 3.17. The van der Waals surface area contributed by atoms with Gasteiger partial charge in [-0.1, -0.05) is 126 Å². The van der Waals surface area contributed by atoms with Crippen LogP contribution in [0.1, 0.15) is 201 Å². The lowest BCUT2D eigenvalue weighted by Gasteiger charge is -2.48.